The van der Waals surface area contributed by atoms with E-state index in [1.54, 1.807) is 6.07 Å². The molecule has 0 aliphatic carbocycles. The van der Waals surface area contributed by atoms with Crippen LogP contribution in [0.4, 0.5) is 22.9 Å². The topological polar surface area (TPSA) is 110 Å². The molecular weight excluding hydrogens is 478 g/mol. The molecule has 2 aliphatic heterocycles. The average molecular weight is 510 g/mol. The van der Waals surface area contributed by atoms with Crippen molar-refractivity contribution in [2.45, 2.75) is 39.0 Å². The molecule has 4 heterocycles. The van der Waals surface area contributed by atoms with E-state index in [0.29, 0.717) is 32.5 Å². The summed E-state index contributed by atoms with van der Waals surface area (Å²) in [5.74, 6) is -0.249. The molecule has 1 saturated heterocycles. The number of carboxylic acids is 1. The predicted octanol–water partition coefficient (Wildman–Crippen LogP) is 5.96. The molecule has 4 aromatic rings. The van der Waals surface area contributed by atoms with Crippen molar-refractivity contribution in [2.75, 3.05) is 30.3 Å². The van der Waals surface area contributed by atoms with Gasteiger partial charge in [0.05, 0.1) is 24.2 Å². The Morgan fingerprint density at radius 2 is 1.82 bits per heavy atom. The molecule has 1 spiro atoms. The highest BCUT2D eigenvalue weighted by Gasteiger charge is 2.46. The van der Waals surface area contributed by atoms with Gasteiger partial charge in [-0.15, -0.1) is 0 Å². The summed E-state index contributed by atoms with van der Waals surface area (Å²) < 4.78 is -0.390. The minimum Gasteiger partial charge on any atom is -0.627 e. The molecule has 0 bridgehead atoms. The number of carbonyl (C=O) groups is 1. The third kappa shape index (κ3) is 4.06. The summed E-state index contributed by atoms with van der Waals surface area (Å²) in [6.45, 7) is 7.71. The highest BCUT2D eigenvalue weighted by Crippen LogP contribution is 2.46. The molecule has 0 radical (unpaired) electrons. The molecule has 1 fully saturated rings. The van der Waals surface area contributed by atoms with Crippen LogP contribution in [0.5, 0.6) is 0 Å². The lowest BCUT2D eigenvalue weighted by Crippen LogP contribution is -2.54. The number of aryl methyl sites for hydroxylation is 3. The molecule has 6 rings (SSSR count). The number of fused-ring (bicyclic) bond motifs is 3. The third-order valence-electron chi connectivity index (χ3n) is 8.20. The number of rotatable bonds is 4. The van der Waals surface area contributed by atoms with Crippen molar-refractivity contribution in [2.24, 2.45) is 0 Å². The Morgan fingerprint density at radius 1 is 1.08 bits per heavy atom. The molecular formula is C30H31N5O3. The standard InChI is InChI=1S/C30H31N5O3/c1-18-12-19(2)27-24(13-18)26(14-20(3)33-27)34-22-4-6-23(7-5-22)35(38)10-8-30(9-11-35)17-32-28-25(30)15-21(16-31-28)29(36)37/h4-7,12-16H,8-11,17H2,1-3H3,(H,31,32)(H,33,34)(H,36,37). The van der Waals surface area contributed by atoms with Crippen LogP contribution in [0.1, 0.15) is 45.6 Å². The molecule has 3 N–H and O–H groups in total. The van der Waals surface area contributed by atoms with E-state index in [4.69, 9.17) is 4.98 Å². The quantitative estimate of drug-likeness (QED) is 0.230. The largest absolute Gasteiger partial charge is 0.627 e. The summed E-state index contributed by atoms with van der Waals surface area (Å²) in [6, 6.07) is 15.9. The smallest absolute Gasteiger partial charge is 0.337 e. The first-order valence-corrected chi connectivity index (χ1v) is 13.0. The number of hydrogen-bond acceptors (Lipinski definition) is 6. The molecule has 2 aromatic heterocycles. The Bertz CT molecular complexity index is 1570. The van der Waals surface area contributed by atoms with Gasteiger partial charge in [0.15, 0.2) is 0 Å². The maximum atomic E-state index is 13.9. The van der Waals surface area contributed by atoms with Crippen molar-refractivity contribution in [1.29, 1.82) is 0 Å². The van der Waals surface area contributed by atoms with Crippen molar-refractivity contribution in [3.8, 4) is 0 Å². The van der Waals surface area contributed by atoms with Gasteiger partial charge in [0.25, 0.3) is 0 Å². The number of nitrogens with zero attached hydrogens (tertiary/aromatic N) is 3. The summed E-state index contributed by atoms with van der Waals surface area (Å²) in [7, 11) is 0. The maximum absolute atomic E-state index is 13.9. The van der Waals surface area contributed by atoms with Crippen LogP contribution < -0.4 is 15.3 Å². The molecule has 0 atom stereocenters. The Balaban J connectivity index is 1.22. The molecule has 194 valence electrons. The highest BCUT2D eigenvalue weighted by atomic mass is 16.5. The number of hydroxylamine groups is 2. The molecule has 2 aromatic carbocycles. The number of pyridine rings is 2. The van der Waals surface area contributed by atoms with Crippen LogP contribution in [0, 0.1) is 26.0 Å². The fourth-order valence-electron chi connectivity index (χ4n) is 6.09. The van der Waals surface area contributed by atoms with E-state index in [1.165, 1.54) is 11.8 Å². The van der Waals surface area contributed by atoms with E-state index in [-0.39, 0.29) is 15.6 Å². The summed E-state index contributed by atoms with van der Waals surface area (Å²) in [5.41, 5.74) is 7.79. The number of anilines is 3. The first-order chi connectivity index (χ1) is 18.2. The highest BCUT2D eigenvalue weighted by molar-refractivity contribution is 5.95. The second-order valence-corrected chi connectivity index (χ2v) is 10.9. The molecule has 8 heteroatoms. The van der Waals surface area contributed by atoms with Gasteiger partial charge in [0, 0.05) is 71.1 Å². The lowest BCUT2D eigenvalue weighted by molar-refractivity contribution is 0.0696. The van der Waals surface area contributed by atoms with Gasteiger partial charge in [0.2, 0.25) is 0 Å². The SMILES string of the molecule is Cc1cc(C)c2nc(C)cc(Nc3ccc([N+]4([O-])CCC5(CC4)CNc4ncc(C(=O)O)cc45)cc3)c2c1. The number of aromatic nitrogens is 2. The number of quaternary nitrogens is 1. The maximum Gasteiger partial charge on any atom is 0.337 e. The lowest BCUT2D eigenvalue weighted by Gasteiger charge is -2.50. The Kier molecular flexibility index (Phi) is 5.63. The third-order valence-corrected chi connectivity index (χ3v) is 8.20. The van der Waals surface area contributed by atoms with E-state index >= 15 is 0 Å². The second kappa shape index (κ2) is 8.79. The molecule has 38 heavy (non-hydrogen) atoms. The van der Waals surface area contributed by atoms with Crippen LogP contribution in [0.3, 0.4) is 0 Å². The second-order valence-electron chi connectivity index (χ2n) is 10.9. The Labute approximate surface area is 221 Å². The Hall–Kier alpha value is -4.01. The first kappa shape index (κ1) is 24.3. The van der Waals surface area contributed by atoms with Crippen LogP contribution in [0.15, 0.2) is 54.7 Å². The average Bonchev–Trinajstić information content (AvgIpc) is 3.24. The summed E-state index contributed by atoms with van der Waals surface area (Å²) in [4.78, 5) is 20.5. The van der Waals surface area contributed by atoms with Crippen LogP contribution in [-0.2, 0) is 5.41 Å². The molecule has 0 amide bonds. The summed E-state index contributed by atoms with van der Waals surface area (Å²) in [5, 5.41) is 31.3. The predicted molar refractivity (Wildman–Crippen MR) is 151 cm³/mol. The van der Waals surface area contributed by atoms with E-state index in [0.717, 1.165) is 50.6 Å². The zero-order valence-electron chi connectivity index (χ0n) is 21.8. The van der Waals surface area contributed by atoms with Crippen molar-refractivity contribution in [3.63, 3.8) is 0 Å². The van der Waals surface area contributed by atoms with Gasteiger partial charge >= 0.3 is 5.97 Å². The van der Waals surface area contributed by atoms with E-state index < -0.39 is 5.97 Å². The molecule has 8 nitrogen and oxygen atoms in total. The van der Waals surface area contributed by atoms with Gasteiger partial charge in [-0.05, 0) is 56.7 Å². The normalized spacial score (nSPS) is 22.3. The van der Waals surface area contributed by atoms with Gasteiger partial charge < -0.3 is 25.6 Å². The zero-order chi connectivity index (χ0) is 26.7. The summed E-state index contributed by atoms with van der Waals surface area (Å²) in [6.07, 6.45) is 2.72. The fourth-order valence-corrected chi connectivity index (χ4v) is 6.09. The molecule has 0 saturated carbocycles. The van der Waals surface area contributed by atoms with Gasteiger partial charge in [-0.2, -0.15) is 0 Å². The van der Waals surface area contributed by atoms with E-state index in [9.17, 15) is 15.1 Å². The van der Waals surface area contributed by atoms with Crippen molar-refractivity contribution in [3.05, 3.63) is 87.9 Å². The minimum atomic E-state index is -0.985. The zero-order valence-corrected chi connectivity index (χ0v) is 21.8. The van der Waals surface area contributed by atoms with Gasteiger partial charge in [0.1, 0.15) is 11.5 Å². The number of piperidine rings is 1. The van der Waals surface area contributed by atoms with Crippen LogP contribution >= 0.6 is 0 Å². The first-order valence-electron chi connectivity index (χ1n) is 13.0. The van der Waals surface area contributed by atoms with Crippen LogP contribution in [0.25, 0.3) is 10.9 Å². The molecule has 0 unspecified atom stereocenters. The fraction of sp³-hybridized carbons (Fsp3) is 0.300. The van der Waals surface area contributed by atoms with Crippen molar-refractivity contribution >= 4 is 39.8 Å². The van der Waals surface area contributed by atoms with Gasteiger partial charge in [-0.25, -0.2) is 9.78 Å². The number of hydrogen-bond donors (Lipinski definition) is 3. The Morgan fingerprint density at radius 3 is 2.53 bits per heavy atom. The van der Waals surface area contributed by atoms with Gasteiger partial charge in [-0.1, -0.05) is 11.6 Å². The van der Waals surface area contributed by atoms with Crippen LogP contribution in [-0.4, -0.2) is 40.7 Å². The number of carboxylic acid groups (broad SMARTS) is 1. The van der Waals surface area contributed by atoms with Crippen LogP contribution in [0.2, 0.25) is 0 Å². The monoisotopic (exact) mass is 509 g/mol. The van der Waals surface area contributed by atoms with Crippen molar-refractivity contribution < 1.29 is 9.90 Å². The summed E-state index contributed by atoms with van der Waals surface area (Å²) >= 11 is 0. The van der Waals surface area contributed by atoms with E-state index in [1.807, 2.05) is 31.2 Å². The molecule has 2 aliphatic rings. The number of benzene rings is 2. The number of nitrogens with one attached hydrogen (secondary N) is 2. The van der Waals surface area contributed by atoms with Gasteiger partial charge in [-0.3, -0.25) is 4.98 Å². The number of aromatic carboxylic acids is 1. The van der Waals surface area contributed by atoms with E-state index in [2.05, 4.69) is 47.7 Å². The lowest BCUT2D eigenvalue weighted by atomic mass is 9.74. The van der Waals surface area contributed by atoms with Crippen molar-refractivity contribution in [1.82, 2.24) is 14.6 Å². The minimum absolute atomic E-state index is 0.186.